The van der Waals surface area contributed by atoms with Gasteiger partial charge in [-0.05, 0) is 36.8 Å². The second-order valence-electron chi connectivity index (χ2n) is 5.33. The largest absolute Gasteiger partial charge is 0.373 e. The maximum absolute atomic E-state index is 12.6. The molecule has 118 valence electrons. The summed E-state index contributed by atoms with van der Waals surface area (Å²) in [6, 6.07) is 11.6. The fraction of sp³-hybridized carbons (Fsp3) is 0.176. The molecule has 0 saturated carbocycles. The van der Waals surface area contributed by atoms with Crippen molar-refractivity contribution < 1.29 is 9.59 Å². The van der Waals surface area contributed by atoms with Crippen molar-refractivity contribution in [3.8, 4) is 0 Å². The summed E-state index contributed by atoms with van der Waals surface area (Å²) in [6.45, 7) is 1.86. The first-order valence-corrected chi connectivity index (χ1v) is 7.87. The molecule has 1 unspecified atom stereocenters. The van der Waals surface area contributed by atoms with Crippen molar-refractivity contribution in [1.82, 2.24) is 0 Å². The number of anilines is 2. The third kappa shape index (κ3) is 2.92. The minimum absolute atomic E-state index is 0.0794. The van der Waals surface area contributed by atoms with Gasteiger partial charge in [-0.1, -0.05) is 41.4 Å². The van der Waals surface area contributed by atoms with Gasteiger partial charge in [-0.2, -0.15) is 0 Å². The van der Waals surface area contributed by atoms with E-state index in [0.29, 0.717) is 15.7 Å². The number of carbonyl (C=O) groups is 2. The van der Waals surface area contributed by atoms with E-state index in [1.54, 1.807) is 36.4 Å². The standard InChI is InChI=1S/C17H14Cl2N2O2/c1-10-11(18)6-4-7-13(10)20-14-9-16(22)21(17(14)23)15-8-3-2-5-12(15)19/h2-8,14,20H,9H2,1H3. The summed E-state index contributed by atoms with van der Waals surface area (Å²) in [5.41, 5.74) is 1.99. The van der Waals surface area contributed by atoms with Crippen molar-refractivity contribution in [2.24, 2.45) is 0 Å². The summed E-state index contributed by atoms with van der Waals surface area (Å²) in [6.07, 6.45) is 0.0794. The lowest BCUT2D eigenvalue weighted by Crippen LogP contribution is -2.35. The monoisotopic (exact) mass is 348 g/mol. The molecule has 1 atom stereocenters. The molecule has 1 aliphatic heterocycles. The molecule has 1 fully saturated rings. The molecule has 2 aromatic rings. The SMILES string of the molecule is Cc1c(Cl)cccc1NC1CC(=O)N(c2ccccc2Cl)C1=O. The lowest BCUT2D eigenvalue weighted by molar-refractivity contribution is -0.121. The summed E-state index contributed by atoms with van der Waals surface area (Å²) in [7, 11) is 0. The minimum atomic E-state index is -0.629. The van der Waals surface area contributed by atoms with Gasteiger partial charge in [0.15, 0.2) is 0 Å². The van der Waals surface area contributed by atoms with Gasteiger partial charge in [-0.3, -0.25) is 9.59 Å². The zero-order valence-electron chi connectivity index (χ0n) is 12.3. The van der Waals surface area contributed by atoms with E-state index in [9.17, 15) is 9.59 Å². The number of amides is 2. The fourth-order valence-electron chi connectivity index (χ4n) is 2.58. The average Bonchev–Trinajstić information content (AvgIpc) is 2.79. The van der Waals surface area contributed by atoms with Gasteiger partial charge in [-0.25, -0.2) is 4.90 Å². The number of nitrogens with zero attached hydrogens (tertiary/aromatic N) is 1. The van der Waals surface area contributed by atoms with Crippen LogP contribution in [0.5, 0.6) is 0 Å². The van der Waals surface area contributed by atoms with Gasteiger partial charge in [0.25, 0.3) is 5.91 Å². The smallest absolute Gasteiger partial charge is 0.256 e. The Balaban J connectivity index is 1.87. The second-order valence-corrected chi connectivity index (χ2v) is 6.15. The highest BCUT2D eigenvalue weighted by Gasteiger charge is 2.40. The normalized spacial score (nSPS) is 17.7. The molecule has 3 rings (SSSR count). The van der Waals surface area contributed by atoms with E-state index in [0.717, 1.165) is 16.2 Å². The number of para-hydroxylation sites is 1. The zero-order chi connectivity index (χ0) is 16.6. The van der Waals surface area contributed by atoms with E-state index >= 15 is 0 Å². The number of nitrogens with one attached hydrogen (secondary N) is 1. The van der Waals surface area contributed by atoms with Gasteiger partial charge in [-0.15, -0.1) is 0 Å². The van der Waals surface area contributed by atoms with Crippen molar-refractivity contribution in [3.63, 3.8) is 0 Å². The van der Waals surface area contributed by atoms with Gasteiger partial charge in [0, 0.05) is 10.7 Å². The van der Waals surface area contributed by atoms with Crippen LogP contribution in [0, 0.1) is 6.92 Å². The zero-order valence-corrected chi connectivity index (χ0v) is 13.9. The molecule has 0 spiro atoms. The van der Waals surface area contributed by atoms with E-state index in [1.807, 2.05) is 13.0 Å². The Morgan fingerprint density at radius 1 is 1.04 bits per heavy atom. The Hall–Kier alpha value is -2.04. The van der Waals surface area contributed by atoms with Crippen molar-refractivity contribution >= 4 is 46.4 Å². The summed E-state index contributed by atoms with van der Waals surface area (Å²) in [5, 5.41) is 4.09. The Bertz CT molecular complexity index is 792. The van der Waals surface area contributed by atoms with E-state index in [-0.39, 0.29) is 18.2 Å². The summed E-state index contributed by atoms with van der Waals surface area (Å²) < 4.78 is 0. The Kier molecular flexibility index (Phi) is 4.28. The molecule has 0 aliphatic carbocycles. The number of hydrogen-bond donors (Lipinski definition) is 1. The van der Waals surface area contributed by atoms with Crippen LogP contribution in [0.4, 0.5) is 11.4 Å². The van der Waals surface area contributed by atoms with Crippen LogP contribution >= 0.6 is 23.2 Å². The van der Waals surface area contributed by atoms with Gasteiger partial charge in [0.2, 0.25) is 5.91 Å². The predicted molar refractivity (Wildman–Crippen MR) is 92.2 cm³/mol. The molecule has 1 saturated heterocycles. The molecule has 6 heteroatoms. The molecule has 4 nitrogen and oxygen atoms in total. The number of rotatable bonds is 3. The molecule has 1 N–H and O–H groups in total. The van der Waals surface area contributed by atoms with Gasteiger partial charge in [0.1, 0.15) is 6.04 Å². The van der Waals surface area contributed by atoms with Crippen molar-refractivity contribution in [1.29, 1.82) is 0 Å². The van der Waals surface area contributed by atoms with Gasteiger partial charge < -0.3 is 5.32 Å². The molecule has 0 radical (unpaired) electrons. The number of benzene rings is 2. The van der Waals surface area contributed by atoms with E-state index < -0.39 is 6.04 Å². The molecular formula is C17H14Cl2N2O2. The highest BCUT2D eigenvalue weighted by molar-refractivity contribution is 6.36. The minimum Gasteiger partial charge on any atom is -0.373 e. The number of imide groups is 1. The number of hydrogen-bond acceptors (Lipinski definition) is 3. The highest BCUT2D eigenvalue weighted by Crippen LogP contribution is 2.31. The Morgan fingerprint density at radius 3 is 2.48 bits per heavy atom. The van der Waals surface area contributed by atoms with E-state index in [2.05, 4.69) is 5.32 Å². The highest BCUT2D eigenvalue weighted by atomic mass is 35.5. The molecule has 0 bridgehead atoms. The van der Waals surface area contributed by atoms with Crippen molar-refractivity contribution in [3.05, 3.63) is 58.1 Å². The van der Waals surface area contributed by atoms with Crippen molar-refractivity contribution in [2.75, 3.05) is 10.2 Å². The van der Waals surface area contributed by atoms with Crippen LogP contribution in [0.3, 0.4) is 0 Å². The lowest BCUT2D eigenvalue weighted by Gasteiger charge is -2.18. The van der Waals surface area contributed by atoms with E-state index in [4.69, 9.17) is 23.2 Å². The first-order valence-electron chi connectivity index (χ1n) is 7.12. The molecule has 23 heavy (non-hydrogen) atoms. The number of halogens is 2. The Morgan fingerprint density at radius 2 is 1.74 bits per heavy atom. The van der Waals surface area contributed by atoms with Crippen LogP contribution in [0.15, 0.2) is 42.5 Å². The second kappa shape index (κ2) is 6.22. The maximum Gasteiger partial charge on any atom is 0.256 e. The molecule has 1 aliphatic rings. The van der Waals surface area contributed by atoms with Gasteiger partial charge in [0.05, 0.1) is 17.1 Å². The van der Waals surface area contributed by atoms with Crippen LogP contribution in [0.2, 0.25) is 10.0 Å². The molecule has 0 aromatic heterocycles. The molecule has 2 aromatic carbocycles. The molecule has 1 heterocycles. The predicted octanol–water partition coefficient (Wildman–Crippen LogP) is 4.05. The van der Waals surface area contributed by atoms with Crippen LogP contribution in [0.1, 0.15) is 12.0 Å². The summed E-state index contributed by atoms with van der Waals surface area (Å²) in [5.74, 6) is -0.595. The third-order valence-corrected chi connectivity index (χ3v) is 4.57. The average molecular weight is 349 g/mol. The maximum atomic E-state index is 12.6. The van der Waals surface area contributed by atoms with Crippen molar-refractivity contribution in [2.45, 2.75) is 19.4 Å². The first kappa shape index (κ1) is 15.8. The van der Waals surface area contributed by atoms with Gasteiger partial charge >= 0.3 is 0 Å². The van der Waals surface area contributed by atoms with E-state index in [1.165, 1.54) is 0 Å². The molecule has 2 amide bonds. The fourth-order valence-corrected chi connectivity index (χ4v) is 2.98. The van der Waals surface area contributed by atoms with Crippen LogP contribution in [0.25, 0.3) is 0 Å². The first-order chi connectivity index (χ1) is 11.0. The summed E-state index contributed by atoms with van der Waals surface area (Å²) >= 11 is 12.2. The molecular weight excluding hydrogens is 335 g/mol. The van der Waals surface area contributed by atoms with Crippen LogP contribution < -0.4 is 10.2 Å². The lowest BCUT2D eigenvalue weighted by atomic mass is 10.1. The number of carbonyl (C=O) groups excluding carboxylic acids is 2. The van der Waals surface area contributed by atoms with Crippen LogP contribution in [-0.2, 0) is 9.59 Å². The quantitative estimate of drug-likeness (QED) is 0.851. The topological polar surface area (TPSA) is 49.4 Å². The summed E-state index contributed by atoms with van der Waals surface area (Å²) in [4.78, 5) is 26.0. The van der Waals surface area contributed by atoms with Crippen LogP contribution in [-0.4, -0.2) is 17.9 Å². The Labute approximate surface area is 144 Å². The third-order valence-electron chi connectivity index (χ3n) is 3.84.